The van der Waals surface area contributed by atoms with Gasteiger partial charge in [0.05, 0.1) is 36.0 Å². The van der Waals surface area contributed by atoms with Gasteiger partial charge in [0.25, 0.3) is 0 Å². The number of amides is 2. The van der Waals surface area contributed by atoms with Crippen molar-refractivity contribution in [3.05, 3.63) is 88.3 Å². The van der Waals surface area contributed by atoms with Crippen molar-refractivity contribution in [2.75, 3.05) is 19.0 Å². The molecular formula is C32H31ClFN3O4. The largest absolute Gasteiger partial charge is 0.469 e. The van der Waals surface area contributed by atoms with Crippen LogP contribution in [0.1, 0.15) is 55.3 Å². The molecule has 0 aliphatic carbocycles. The second-order valence-corrected chi connectivity index (χ2v) is 10.9. The third-order valence-corrected chi connectivity index (χ3v) is 8.09. The summed E-state index contributed by atoms with van der Waals surface area (Å²) in [7, 11) is 1.34. The Morgan fingerprint density at radius 2 is 1.98 bits per heavy atom. The van der Waals surface area contributed by atoms with Crippen molar-refractivity contribution in [3.8, 4) is 11.3 Å². The van der Waals surface area contributed by atoms with Crippen molar-refractivity contribution in [1.82, 2.24) is 9.88 Å². The molecular weight excluding hydrogens is 545 g/mol. The molecule has 9 heteroatoms. The van der Waals surface area contributed by atoms with Crippen molar-refractivity contribution in [2.24, 2.45) is 5.92 Å². The highest BCUT2D eigenvalue weighted by Gasteiger charge is 2.30. The number of carbonyl (C=O) groups is 3. The zero-order valence-corrected chi connectivity index (χ0v) is 23.7. The van der Waals surface area contributed by atoms with Crippen LogP contribution in [0.2, 0.25) is 5.02 Å². The van der Waals surface area contributed by atoms with Gasteiger partial charge in [-0.05, 0) is 60.2 Å². The molecule has 3 aromatic rings. The van der Waals surface area contributed by atoms with Gasteiger partial charge in [-0.1, -0.05) is 49.2 Å². The summed E-state index contributed by atoms with van der Waals surface area (Å²) in [5, 5.41) is 3.06. The third-order valence-electron chi connectivity index (χ3n) is 7.80. The van der Waals surface area contributed by atoms with Gasteiger partial charge in [0.15, 0.2) is 0 Å². The minimum Gasteiger partial charge on any atom is -0.469 e. The summed E-state index contributed by atoms with van der Waals surface area (Å²) in [4.78, 5) is 44.9. The second kappa shape index (κ2) is 12.2. The minimum atomic E-state index is -0.521. The number of ether oxygens (including phenoxy) is 1. The first-order valence-electron chi connectivity index (χ1n) is 13.7. The molecule has 1 aromatic heterocycles. The van der Waals surface area contributed by atoms with Gasteiger partial charge in [-0.2, -0.15) is 0 Å². The van der Waals surface area contributed by atoms with Crippen LogP contribution in [-0.4, -0.2) is 41.3 Å². The maximum Gasteiger partial charge on any atom is 0.309 e. The molecule has 2 atom stereocenters. The second-order valence-electron chi connectivity index (χ2n) is 10.5. The normalized spacial score (nSPS) is 19.3. The van der Waals surface area contributed by atoms with E-state index in [1.165, 1.54) is 19.3 Å². The summed E-state index contributed by atoms with van der Waals surface area (Å²) in [6.45, 7) is 2.30. The lowest BCUT2D eigenvalue weighted by molar-refractivity contribution is -0.139. The van der Waals surface area contributed by atoms with E-state index in [1.807, 2.05) is 36.1 Å². The monoisotopic (exact) mass is 575 g/mol. The number of nitrogens with zero attached hydrogens (tertiary/aromatic N) is 2. The van der Waals surface area contributed by atoms with Crippen LogP contribution in [0, 0.1) is 11.7 Å². The average Bonchev–Trinajstić information content (AvgIpc) is 2.96. The number of hydrogen-bond acceptors (Lipinski definition) is 5. The summed E-state index contributed by atoms with van der Waals surface area (Å²) in [6.07, 6.45) is 5.79. The Hall–Kier alpha value is -4.04. The van der Waals surface area contributed by atoms with Crippen molar-refractivity contribution >= 4 is 40.6 Å². The van der Waals surface area contributed by atoms with Gasteiger partial charge in [0.2, 0.25) is 11.8 Å². The Bertz CT molecular complexity index is 1540. The Labute approximate surface area is 243 Å². The molecule has 2 aromatic carbocycles. The number of aromatic nitrogens is 1. The first-order valence-corrected chi connectivity index (χ1v) is 14.1. The quantitative estimate of drug-likeness (QED) is 0.365. The summed E-state index contributed by atoms with van der Waals surface area (Å²) in [5.74, 6) is -1.48. The summed E-state index contributed by atoms with van der Waals surface area (Å²) < 4.78 is 19.5. The lowest BCUT2D eigenvalue weighted by Gasteiger charge is -2.35. The van der Waals surface area contributed by atoms with Crippen molar-refractivity contribution in [3.63, 3.8) is 0 Å². The van der Waals surface area contributed by atoms with E-state index in [0.29, 0.717) is 59.5 Å². The van der Waals surface area contributed by atoms with Gasteiger partial charge in [-0.25, -0.2) is 4.39 Å². The summed E-state index contributed by atoms with van der Waals surface area (Å²) >= 11 is 5.99. The van der Waals surface area contributed by atoms with Gasteiger partial charge < -0.3 is 15.0 Å². The number of benzene rings is 2. The highest BCUT2D eigenvalue weighted by Crippen LogP contribution is 2.37. The van der Waals surface area contributed by atoms with Gasteiger partial charge in [0, 0.05) is 35.9 Å². The van der Waals surface area contributed by atoms with Gasteiger partial charge >= 0.3 is 5.97 Å². The molecule has 2 aliphatic rings. The van der Waals surface area contributed by atoms with Crippen molar-refractivity contribution in [1.29, 1.82) is 0 Å². The fourth-order valence-corrected chi connectivity index (χ4v) is 5.68. The van der Waals surface area contributed by atoms with Gasteiger partial charge in [-0.3, -0.25) is 19.4 Å². The molecule has 0 saturated heterocycles. The number of hydrogen-bond donors (Lipinski definition) is 1. The fourth-order valence-electron chi connectivity index (χ4n) is 5.50. The number of rotatable bonds is 4. The number of anilines is 1. The predicted octanol–water partition coefficient (Wildman–Crippen LogP) is 6.37. The standard InChI is InChI=1S/C32H31ClFN3O4/c1-19-5-3-8-28(37-14-12-21(18-29(37)38)23-6-4-7-25(33)31(23)34)22-11-13-35-26(17-22)24-10-9-20(16-30(39)41-2)15-27(24)36-32(19)40/h4,6-7,9-11,13,15,17-19,28H,3,5,8,12,14,16H2,1-2H3,(H,36,40)/t19-,28-/m0/s1. The Morgan fingerprint density at radius 3 is 2.76 bits per heavy atom. The van der Waals surface area contributed by atoms with Crippen molar-refractivity contribution in [2.45, 2.75) is 45.1 Å². The summed E-state index contributed by atoms with van der Waals surface area (Å²) in [6, 6.07) is 13.9. The highest BCUT2D eigenvalue weighted by atomic mass is 35.5. The number of esters is 1. The third kappa shape index (κ3) is 6.17. The minimum absolute atomic E-state index is 0.0257. The van der Waals surface area contributed by atoms with Crippen LogP contribution in [0.15, 0.2) is 60.8 Å². The number of carbonyl (C=O) groups excluding carboxylic acids is 3. The van der Waals surface area contributed by atoms with Gasteiger partial charge in [-0.15, -0.1) is 0 Å². The first-order chi connectivity index (χ1) is 19.7. The molecule has 3 heterocycles. The van der Waals surface area contributed by atoms with E-state index in [0.717, 1.165) is 12.0 Å². The van der Waals surface area contributed by atoms with Crippen molar-refractivity contribution < 1.29 is 23.5 Å². The molecule has 2 aliphatic heterocycles. The van der Waals surface area contributed by atoms with Crippen LogP contribution >= 0.6 is 11.6 Å². The molecule has 2 amide bonds. The van der Waals surface area contributed by atoms with Crippen LogP contribution in [0.3, 0.4) is 0 Å². The maximum absolute atomic E-state index is 14.7. The van der Waals surface area contributed by atoms with E-state index in [-0.39, 0.29) is 41.2 Å². The molecule has 0 unspecified atom stereocenters. The molecule has 0 fully saturated rings. The zero-order chi connectivity index (χ0) is 29.1. The Kier molecular flexibility index (Phi) is 8.49. The lowest BCUT2D eigenvalue weighted by atomic mass is 9.91. The van der Waals surface area contributed by atoms with Crippen LogP contribution in [0.5, 0.6) is 0 Å². The van der Waals surface area contributed by atoms with E-state index in [4.69, 9.17) is 16.3 Å². The average molecular weight is 576 g/mol. The van der Waals surface area contributed by atoms with Crippen LogP contribution in [-0.2, 0) is 25.5 Å². The van der Waals surface area contributed by atoms with Gasteiger partial charge in [0.1, 0.15) is 5.82 Å². The molecule has 0 radical (unpaired) electrons. The molecule has 0 spiro atoms. The molecule has 2 bridgehead atoms. The maximum atomic E-state index is 14.7. The van der Waals surface area contributed by atoms with E-state index in [2.05, 4.69) is 10.3 Å². The highest BCUT2D eigenvalue weighted by molar-refractivity contribution is 6.31. The number of methoxy groups -OCH3 is 1. The molecule has 7 nitrogen and oxygen atoms in total. The zero-order valence-electron chi connectivity index (χ0n) is 23.0. The van der Waals surface area contributed by atoms with Crippen LogP contribution < -0.4 is 5.32 Å². The van der Waals surface area contributed by atoms with E-state index in [1.54, 1.807) is 24.4 Å². The Morgan fingerprint density at radius 1 is 1.15 bits per heavy atom. The number of fused-ring (bicyclic) bond motifs is 4. The smallest absolute Gasteiger partial charge is 0.309 e. The summed E-state index contributed by atoms with van der Waals surface area (Å²) in [5.41, 5.74) is 4.53. The molecule has 1 N–H and O–H groups in total. The topological polar surface area (TPSA) is 88.6 Å². The molecule has 41 heavy (non-hydrogen) atoms. The first kappa shape index (κ1) is 28.5. The predicted molar refractivity (Wildman–Crippen MR) is 155 cm³/mol. The molecule has 212 valence electrons. The van der Waals surface area contributed by atoms with E-state index >= 15 is 0 Å². The fraction of sp³-hybridized carbons (Fsp3) is 0.312. The molecule has 5 rings (SSSR count). The number of pyridine rings is 1. The molecule has 0 saturated carbocycles. The van der Waals surface area contributed by atoms with E-state index < -0.39 is 5.82 Å². The lowest BCUT2D eigenvalue weighted by Crippen LogP contribution is -2.37. The SMILES string of the molecule is COC(=O)Cc1ccc2c(c1)NC(=O)[C@@H](C)CCC[C@H](N1CCC(c3cccc(Cl)c3F)=CC1=O)c1ccnc-2c1. The number of nitrogens with one attached hydrogen (secondary N) is 1. The van der Waals surface area contributed by atoms with Crippen LogP contribution in [0.25, 0.3) is 16.8 Å². The van der Waals surface area contributed by atoms with Crippen LogP contribution in [0.4, 0.5) is 10.1 Å². The number of halogens is 2. The Balaban J connectivity index is 1.51. The van der Waals surface area contributed by atoms with E-state index in [9.17, 15) is 18.8 Å².